The Morgan fingerprint density at radius 3 is 2.79 bits per heavy atom. The Balaban J connectivity index is 1.67. The third kappa shape index (κ3) is 2.41. The second kappa shape index (κ2) is 4.56. The first-order valence-electron chi connectivity index (χ1n) is 7.23. The summed E-state index contributed by atoms with van der Waals surface area (Å²) in [4.78, 5) is 7.03. The van der Waals surface area contributed by atoms with E-state index >= 15 is 0 Å². The first-order chi connectivity index (χ1) is 8.95. The van der Waals surface area contributed by atoms with E-state index in [1.165, 1.54) is 0 Å². The van der Waals surface area contributed by atoms with Gasteiger partial charge in [0.25, 0.3) is 0 Å². The lowest BCUT2D eigenvalue weighted by Crippen LogP contribution is -2.33. The molecule has 0 amide bonds. The van der Waals surface area contributed by atoms with Gasteiger partial charge in [-0.15, -0.1) is 0 Å². The summed E-state index contributed by atoms with van der Waals surface area (Å²) >= 11 is 0. The fourth-order valence-electron chi connectivity index (χ4n) is 3.27. The molecule has 0 radical (unpaired) electrons. The van der Waals surface area contributed by atoms with Crippen LogP contribution in [0.3, 0.4) is 0 Å². The molecule has 1 N–H and O–H groups in total. The summed E-state index contributed by atoms with van der Waals surface area (Å²) in [5.74, 6) is 3.14. The van der Waals surface area contributed by atoms with Gasteiger partial charge < -0.3 is 9.84 Å². The van der Waals surface area contributed by atoms with E-state index in [2.05, 4.69) is 48.1 Å². The van der Waals surface area contributed by atoms with Crippen LogP contribution in [0.5, 0.6) is 0 Å². The van der Waals surface area contributed by atoms with Crippen molar-refractivity contribution in [3.63, 3.8) is 0 Å². The second-order valence-electron chi connectivity index (χ2n) is 7.02. The van der Waals surface area contributed by atoms with Crippen LogP contribution in [0.4, 0.5) is 0 Å². The molecule has 5 nitrogen and oxygen atoms in total. The van der Waals surface area contributed by atoms with E-state index < -0.39 is 0 Å². The summed E-state index contributed by atoms with van der Waals surface area (Å²) < 4.78 is 5.37. The van der Waals surface area contributed by atoms with Gasteiger partial charge in [-0.3, -0.25) is 4.90 Å². The molecule has 1 aromatic rings. The molecule has 0 aliphatic carbocycles. The lowest BCUT2D eigenvalue weighted by Gasteiger charge is -2.22. The van der Waals surface area contributed by atoms with E-state index in [1.54, 1.807) is 0 Å². The number of rotatable bonds is 2. The minimum atomic E-state index is -0.0672. The molecule has 0 bridgehead atoms. The number of nitrogens with one attached hydrogen (secondary N) is 1. The van der Waals surface area contributed by atoms with E-state index in [1.807, 2.05) is 0 Å². The predicted molar refractivity (Wildman–Crippen MR) is 72.7 cm³/mol. The third-order valence-electron chi connectivity index (χ3n) is 4.51. The minimum absolute atomic E-state index is 0.0672. The molecule has 3 unspecified atom stereocenters. The monoisotopic (exact) mass is 264 g/mol. The summed E-state index contributed by atoms with van der Waals surface area (Å²) in [6.07, 6.45) is 0. The van der Waals surface area contributed by atoms with Crippen molar-refractivity contribution in [2.24, 2.45) is 11.8 Å². The zero-order valence-corrected chi connectivity index (χ0v) is 12.3. The number of fused-ring (bicyclic) bond motifs is 1. The van der Waals surface area contributed by atoms with E-state index in [0.717, 1.165) is 49.7 Å². The quantitative estimate of drug-likeness (QED) is 0.875. The smallest absolute Gasteiger partial charge is 0.232 e. The molecule has 2 fully saturated rings. The SMILES string of the molecule is CC1C2CNCC2CN1Cc1noc(C(C)(C)C)n1. The fraction of sp³-hybridized carbons (Fsp3) is 0.857. The van der Waals surface area contributed by atoms with Crippen molar-refractivity contribution < 1.29 is 4.52 Å². The summed E-state index contributed by atoms with van der Waals surface area (Å²) in [5.41, 5.74) is -0.0672. The van der Waals surface area contributed by atoms with Crippen LogP contribution in [0.25, 0.3) is 0 Å². The van der Waals surface area contributed by atoms with Gasteiger partial charge in [0.05, 0.1) is 6.54 Å². The van der Waals surface area contributed by atoms with Gasteiger partial charge in [0.15, 0.2) is 5.82 Å². The largest absolute Gasteiger partial charge is 0.339 e. The van der Waals surface area contributed by atoms with Crippen LogP contribution in [-0.4, -0.2) is 40.7 Å². The lowest BCUT2D eigenvalue weighted by molar-refractivity contribution is 0.222. The molecule has 0 saturated carbocycles. The highest BCUT2D eigenvalue weighted by Crippen LogP contribution is 2.33. The minimum Gasteiger partial charge on any atom is -0.339 e. The Morgan fingerprint density at radius 1 is 1.37 bits per heavy atom. The van der Waals surface area contributed by atoms with Gasteiger partial charge in [0.2, 0.25) is 5.89 Å². The molecule has 106 valence electrons. The maximum Gasteiger partial charge on any atom is 0.232 e. The molecule has 2 aliphatic rings. The van der Waals surface area contributed by atoms with E-state index in [-0.39, 0.29) is 5.41 Å². The molecule has 2 aliphatic heterocycles. The highest BCUT2D eigenvalue weighted by Gasteiger charge is 2.42. The van der Waals surface area contributed by atoms with Crippen LogP contribution >= 0.6 is 0 Å². The molecule has 2 saturated heterocycles. The Bertz CT molecular complexity index is 451. The topological polar surface area (TPSA) is 54.2 Å². The third-order valence-corrected chi connectivity index (χ3v) is 4.51. The Labute approximate surface area is 114 Å². The van der Waals surface area contributed by atoms with Crippen molar-refractivity contribution >= 4 is 0 Å². The number of nitrogens with zero attached hydrogens (tertiary/aromatic N) is 3. The molecule has 0 aromatic carbocycles. The van der Waals surface area contributed by atoms with Crippen LogP contribution in [0.1, 0.15) is 39.4 Å². The summed E-state index contributed by atoms with van der Waals surface area (Å²) in [6.45, 7) is 12.9. The second-order valence-corrected chi connectivity index (χ2v) is 7.02. The maximum absolute atomic E-state index is 5.37. The number of hydrogen-bond acceptors (Lipinski definition) is 5. The first kappa shape index (κ1) is 13.1. The van der Waals surface area contributed by atoms with Crippen molar-refractivity contribution in [1.82, 2.24) is 20.4 Å². The zero-order valence-electron chi connectivity index (χ0n) is 12.3. The summed E-state index contributed by atoms with van der Waals surface area (Å²) in [5, 5.41) is 7.62. The van der Waals surface area contributed by atoms with Crippen LogP contribution in [0.15, 0.2) is 4.52 Å². The van der Waals surface area contributed by atoms with Gasteiger partial charge in [-0.2, -0.15) is 4.98 Å². The van der Waals surface area contributed by atoms with Crippen molar-refractivity contribution in [3.05, 3.63) is 11.7 Å². The van der Waals surface area contributed by atoms with Crippen molar-refractivity contribution in [2.45, 2.75) is 45.7 Å². The van der Waals surface area contributed by atoms with Crippen LogP contribution in [-0.2, 0) is 12.0 Å². The van der Waals surface area contributed by atoms with Gasteiger partial charge in [0.1, 0.15) is 0 Å². The highest BCUT2D eigenvalue weighted by atomic mass is 16.5. The molecule has 5 heteroatoms. The highest BCUT2D eigenvalue weighted by molar-refractivity contribution is 5.01. The normalized spacial score (nSPS) is 31.9. The molecule has 1 aromatic heterocycles. The zero-order chi connectivity index (χ0) is 13.6. The van der Waals surface area contributed by atoms with Crippen LogP contribution < -0.4 is 5.32 Å². The Morgan fingerprint density at radius 2 is 2.16 bits per heavy atom. The number of hydrogen-bond donors (Lipinski definition) is 1. The molecule has 0 spiro atoms. The van der Waals surface area contributed by atoms with Gasteiger partial charge in [0, 0.05) is 18.0 Å². The molecule has 19 heavy (non-hydrogen) atoms. The number of likely N-dealkylation sites (tertiary alicyclic amines) is 1. The summed E-state index contributed by atoms with van der Waals surface area (Å²) in [7, 11) is 0. The van der Waals surface area contributed by atoms with Crippen molar-refractivity contribution in [2.75, 3.05) is 19.6 Å². The molecular weight excluding hydrogens is 240 g/mol. The lowest BCUT2D eigenvalue weighted by atomic mass is 9.95. The first-order valence-corrected chi connectivity index (χ1v) is 7.23. The average molecular weight is 264 g/mol. The molecule has 3 rings (SSSR count). The van der Waals surface area contributed by atoms with E-state index in [0.29, 0.717) is 6.04 Å². The van der Waals surface area contributed by atoms with Gasteiger partial charge in [-0.1, -0.05) is 25.9 Å². The Kier molecular flexibility index (Phi) is 3.14. The Hall–Kier alpha value is -0.940. The summed E-state index contributed by atoms with van der Waals surface area (Å²) in [6, 6.07) is 0.608. The molecule has 3 heterocycles. The number of aromatic nitrogens is 2. The molecule has 3 atom stereocenters. The van der Waals surface area contributed by atoms with E-state index in [4.69, 9.17) is 4.52 Å². The molecular formula is C14H24N4O. The van der Waals surface area contributed by atoms with Crippen molar-refractivity contribution in [1.29, 1.82) is 0 Å². The van der Waals surface area contributed by atoms with Gasteiger partial charge >= 0.3 is 0 Å². The van der Waals surface area contributed by atoms with Crippen LogP contribution in [0, 0.1) is 11.8 Å². The van der Waals surface area contributed by atoms with Crippen LogP contribution in [0.2, 0.25) is 0 Å². The maximum atomic E-state index is 5.37. The van der Waals surface area contributed by atoms with Crippen molar-refractivity contribution in [3.8, 4) is 0 Å². The van der Waals surface area contributed by atoms with Gasteiger partial charge in [-0.05, 0) is 31.8 Å². The van der Waals surface area contributed by atoms with Gasteiger partial charge in [-0.25, -0.2) is 0 Å². The standard InChI is InChI=1S/C14H24N4O/c1-9-11-6-15-5-10(11)7-18(9)8-12-16-13(19-17-12)14(2,3)4/h9-11,15H,5-8H2,1-4H3. The fourth-order valence-corrected chi connectivity index (χ4v) is 3.27. The average Bonchev–Trinajstić information content (AvgIpc) is 2.98. The van der Waals surface area contributed by atoms with E-state index in [9.17, 15) is 0 Å². The predicted octanol–water partition coefficient (Wildman–Crippen LogP) is 1.41.